The van der Waals surface area contributed by atoms with Crippen LogP contribution in [0.25, 0.3) is 0 Å². The molecule has 2 rings (SSSR count). The lowest BCUT2D eigenvalue weighted by molar-refractivity contribution is 0.292. The lowest BCUT2D eigenvalue weighted by Crippen LogP contribution is -2.43. The topological polar surface area (TPSA) is 48.9 Å². The lowest BCUT2D eigenvalue weighted by Gasteiger charge is -2.22. The Kier molecular flexibility index (Phi) is 11.9. The number of halogens is 1. The highest BCUT2D eigenvalue weighted by atomic mass is 127. The van der Waals surface area contributed by atoms with Gasteiger partial charge in [0.1, 0.15) is 5.75 Å². The third kappa shape index (κ3) is 7.96. The van der Waals surface area contributed by atoms with Crippen molar-refractivity contribution in [1.82, 2.24) is 15.5 Å². The van der Waals surface area contributed by atoms with Crippen molar-refractivity contribution >= 4 is 29.9 Å². The molecule has 0 bridgehead atoms. The average Bonchev–Trinajstić information content (AvgIpc) is 3.50. The molecule has 1 aliphatic rings. The van der Waals surface area contributed by atoms with E-state index in [2.05, 4.69) is 61.4 Å². The van der Waals surface area contributed by atoms with E-state index in [1.54, 1.807) is 7.11 Å². The van der Waals surface area contributed by atoms with Crippen molar-refractivity contribution in [2.24, 2.45) is 4.99 Å². The Balaban J connectivity index is 0.00000420. The van der Waals surface area contributed by atoms with Gasteiger partial charge in [-0.25, -0.2) is 0 Å². The molecule has 1 unspecified atom stereocenters. The minimum Gasteiger partial charge on any atom is -0.496 e. The Morgan fingerprint density at radius 1 is 1.21 bits per heavy atom. The molecule has 1 fully saturated rings. The van der Waals surface area contributed by atoms with Crippen molar-refractivity contribution in [3.05, 3.63) is 29.8 Å². The number of rotatable bonds is 12. The fourth-order valence-electron chi connectivity index (χ4n) is 3.76. The van der Waals surface area contributed by atoms with Gasteiger partial charge >= 0.3 is 0 Å². The molecule has 0 amide bonds. The highest BCUT2D eigenvalue weighted by Gasteiger charge is 2.46. The molecular weight excluding hydrogens is 475 g/mol. The summed E-state index contributed by atoms with van der Waals surface area (Å²) in [5.74, 6) is 1.91. The minimum atomic E-state index is 0. The molecule has 166 valence electrons. The van der Waals surface area contributed by atoms with Gasteiger partial charge in [-0.1, -0.05) is 32.0 Å². The Morgan fingerprint density at radius 3 is 2.48 bits per heavy atom. The van der Waals surface area contributed by atoms with Gasteiger partial charge in [-0.2, -0.15) is 0 Å². The zero-order chi connectivity index (χ0) is 20.4. The van der Waals surface area contributed by atoms with Crippen molar-refractivity contribution in [2.45, 2.75) is 64.8 Å². The van der Waals surface area contributed by atoms with Gasteiger partial charge < -0.3 is 20.3 Å². The number of hydrogen-bond donors (Lipinski definition) is 2. The number of methoxy groups -OCH3 is 1. The van der Waals surface area contributed by atoms with Gasteiger partial charge in [-0.05, 0) is 65.2 Å². The first-order valence-corrected chi connectivity index (χ1v) is 11.0. The van der Waals surface area contributed by atoms with Crippen LogP contribution in [0.15, 0.2) is 29.3 Å². The summed E-state index contributed by atoms with van der Waals surface area (Å²) in [4.78, 5) is 7.43. The minimum absolute atomic E-state index is 0. The maximum absolute atomic E-state index is 5.59. The number of ether oxygens (including phenoxy) is 1. The van der Waals surface area contributed by atoms with E-state index in [-0.39, 0.29) is 29.4 Å². The number of nitrogens with zero attached hydrogens (tertiary/aromatic N) is 2. The highest BCUT2D eigenvalue weighted by molar-refractivity contribution is 14.0. The third-order valence-electron chi connectivity index (χ3n) is 5.80. The highest BCUT2D eigenvalue weighted by Crippen LogP contribution is 2.51. The largest absolute Gasteiger partial charge is 0.496 e. The molecular formula is C23H41IN4O. The molecule has 2 N–H and O–H groups in total. The molecule has 1 aromatic rings. The van der Waals surface area contributed by atoms with Crippen LogP contribution in [0.2, 0.25) is 0 Å². The average molecular weight is 517 g/mol. The van der Waals surface area contributed by atoms with Crippen LogP contribution in [0.5, 0.6) is 5.75 Å². The number of para-hydroxylation sites is 1. The predicted molar refractivity (Wildman–Crippen MR) is 135 cm³/mol. The summed E-state index contributed by atoms with van der Waals surface area (Å²) in [5, 5.41) is 7.01. The van der Waals surface area contributed by atoms with Crippen LogP contribution >= 0.6 is 24.0 Å². The molecule has 5 nitrogen and oxygen atoms in total. The molecule has 1 saturated carbocycles. The van der Waals surface area contributed by atoms with Crippen LogP contribution in [0.3, 0.4) is 0 Å². The predicted octanol–water partition coefficient (Wildman–Crippen LogP) is 4.41. The first-order valence-electron chi connectivity index (χ1n) is 11.0. The quantitative estimate of drug-likeness (QED) is 0.246. The normalized spacial score (nSPS) is 16.1. The number of benzene rings is 1. The van der Waals surface area contributed by atoms with E-state index in [9.17, 15) is 0 Å². The van der Waals surface area contributed by atoms with Crippen LogP contribution < -0.4 is 15.4 Å². The fourth-order valence-corrected chi connectivity index (χ4v) is 3.76. The Labute approximate surface area is 195 Å². The molecule has 0 spiro atoms. The molecule has 0 aliphatic heterocycles. The van der Waals surface area contributed by atoms with E-state index in [4.69, 9.17) is 9.73 Å². The molecule has 1 aromatic carbocycles. The molecule has 0 aromatic heterocycles. The van der Waals surface area contributed by atoms with Crippen LogP contribution in [-0.2, 0) is 5.41 Å². The number of aliphatic imine (C=N–C) groups is 1. The van der Waals surface area contributed by atoms with Gasteiger partial charge in [0, 0.05) is 23.6 Å². The summed E-state index contributed by atoms with van der Waals surface area (Å²) in [7, 11) is 1.75. The Bertz CT molecular complexity index is 615. The van der Waals surface area contributed by atoms with E-state index < -0.39 is 0 Å². The van der Waals surface area contributed by atoms with Crippen molar-refractivity contribution < 1.29 is 4.74 Å². The molecule has 1 aliphatic carbocycles. The van der Waals surface area contributed by atoms with Crippen LogP contribution in [0.1, 0.15) is 58.9 Å². The zero-order valence-electron chi connectivity index (χ0n) is 19.0. The van der Waals surface area contributed by atoms with Gasteiger partial charge in [0.05, 0.1) is 13.7 Å². The molecule has 6 heteroatoms. The third-order valence-corrected chi connectivity index (χ3v) is 5.80. The molecule has 0 saturated heterocycles. The van der Waals surface area contributed by atoms with E-state index in [0.717, 1.165) is 44.3 Å². The second-order valence-electron chi connectivity index (χ2n) is 7.89. The van der Waals surface area contributed by atoms with Crippen LogP contribution in [0, 0.1) is 0 Å². The number of nitrogens with one attached hydrogen (secondary N) is 2. The van der Waals surface area contributed by atoms with Crippen molar-refractivity contribution in [2.75, 3.05) is 39.8 Å². The van der Waals surface area contributed by atoms with Crippen molar-refractivity contribution in [1.29, 1.82) is 0 Å². The molecule has 0 heterocycles. The fraction of sp³-hybridized carbons (Fsp3) is 0.696. The van der Waals surface area contributed by atoms with E-state index in [0.29, 0.717) is 6.04 Å². The van der Waals surface area contributed by atoms with Crippen LogP contribution in [-0.4, -0.2) is 56.7 Å². The first kappa shape index (κ1) is 26.0. The van der Waals surface area contributed by atoms with Gasteiger partial charge in [-0.3, -0.25) is 4.99 Å². The van der Waals surface area contributed by atoms with Crippen LogP contribution in [0.4, 0.5) is 0 Å². The first-order chi connectivity index (χ1) is 13.6. The molecule has 1 atom stereocenters. The maximum atomic E-state index is 5.59. The molecule has 0 radical (unpaired) electrons. The van der Waals surface area contributed by atoms with Gasteiger partial charge in [0.25, 0.3) is 0 Å². The summed E-state index contributed by atoms with van der Waals surface area (Å²) >= 11 is 0. The Hall–Kier alpha value is -1.02. The van der Waals surface area contributed by atoms with Crippen molar-refractivity contribution in [3.63, 3.8) is 0 Å². The maximum Gasteiger partial charge on any atom is 0.191 e. The lowest BCUT2D eigenvalue weighted by atomic mass is 9.95. The smallest absolute Gasteiger partial charge is 0.191 e. The monoisotopic (exact) mass is 516 g/mol. The van der Waals surface area contributed by atoms with Crippen molar-refractivity contribution in [3.8, 4) is 5.75 Å². The van der Waals surface area contributed by atoms with E-state index in [1.807, 2.05) is 6.07 Å². The molecule has 29 heavy (non-hydrogen) atoms. The summed E-state index contributed by atoms with van der Waals surface area (Å²) < 4.78 is 5.59. The van der Waals surface area contributed by atoms with Gasteiger partial charge in [-0.15, -0.1) is 24.0 Å². The van der Waals surface area contributed by atoms with Gasteiger partial charge in [0.15, 0.2) is 5.96 Å². The standard InChI is InChI=1S/C23H40N4O.HI/c1-6-24-22(26-19(4)12-11-17-27(7-2)8-3)25-18-23(15-16-23)20-13-9-10-14-21(20)28-5;/h9-10,13-14,19H,6-8,11-12,15-18H2,1-5H3,(H2,24,25,26);1H. The van der Waals surface area contributed by atoms with E-state index >= 15 is 0 Å². The number of hydrogen-bond acceptors (Lipinski definition) is 3. The summed E-state index contributed by atoms with van der Waals surface area (Å²) in [5.41, 5.74) is 1.44. The van der Waals surface area contributed by atoms with E-state index in [1.165, 1.54) is 31.4 Å². The Morgan fingerprint density at radius 2 is 1.90 bits per heavy atom. The number of guanidine groups is 1. The summed E-state index contributed by atoms with van der Waals surface area (Å²) in [6, 6.07) is 8.80. The second-order valence-corrected chi connectivity index (χ2v) is 7.89. The SMILES string of the molecule is CCNC(=NCC1(c2ccccc2OC)CC1)NC(C)CCCN(CC)CC.I. The zero-order valence-corrected chi connectivity index (χ0v) is 21.3. The summed E-state index contributed by atoms with van der Waals surface area (Å²) in [6.07, 6.45) is 4.71. The second kappa shape index (κ2) is 13.3. The van der Waals surface area contributed by atoms with Gasteiger partial charge in [0.2, 0.25) is 0 Å². The summed E-state index contributed by atoms with van der Waals surface area (Å²) in [6.45, 7) is 13.9.